The third-order valence-corrected chi connectivity index (χ3v) is 5.59. The largest absolute Gasteiger partial charge is 0.492 e. The molecule has 1 atom stereocenters. The van der Waals surface area contributed by atoms with E-state index >= 15 is 0 Å². The predicted molar refractivity (Wildman–Crippen MR) is 107 cm³/mol. The second-order valence-corrected chi connectivity index (χ2v) is 8.67. The third kappa shape index (κ3) is 3.97. The summed E-state index contributed by atoms with van der Waals surface area (Å²) in [6.45, 7) is 6.87. The van der Waals surface area contributed by atoms with Crippen molar-refractivity contribution < 1.29 is 9.53 Å². The number of halogens is 1. The first-order chi connectivity index (χ1) is 12.9. The fourth-order valence-electron chi connectivity index (χ4n) is 4.04. The highest BCUT2D eigenvalue weighted by Crippen LogP contribution is 2.42. The topological polar surface area (TPSA) is 41.6 Å². The van der Waals surface area contributed by atoms with Crippen LogP contribution in [0, 0.1) is 0 Å². The molecule has 2 heterocycles. The molecule has 0 unspecified atom stereocenters. The molecule has 142 valence electrons. The minimum absolute atomic E-state index is 0.0376. The second kappa shape index (κ2) is 7.17. The fraction of sp³-hybridized carbons (Fsp3) is 0.409. The molecule has 2 aliphatic heterocycles. The van der Waals surface area contributed by atoms with Crippen LogP contribution >= 0.6 is 11.6 Å². The van der Waals surface area contributed by atoms with Crippen LogP contribution in [0.3, 0.4) is 0 Å². The molecular formula is C22H25ClN2O2. The monoisotopic (exact) mass is 384 g/mol. The van der Waals surface area contributed by atoms with Crippen molar-refractivity contribution in [1.29, 1.82) is 0 Å². The quantitative estimate of drug-likeness (QED) is 0.876. The average molecular weight is 385 g/mol. The maximum Gasteiger partial charge on any atom is 0.234 e. The molecule has 1 N–H and O–H groups in total. The van der Waals surface area contributed by atoms with Crippen molar-refractivity contribution in [3.05, 3.63) is 64.2 Å². The van der Waals surface area contributed by atoms with Crippen LogP contribution in [0.25, 0.3) is 0 Å². The van der Waals surface area contributed by atoms with Crippen LogP contribution in [0.4, 0.5) is 0 Å². The van der Waals surface area contributed by atoms with Gasteiger partial charge in [0.1, 0.15) is 5.75 Å². The van der Waals surface area contributed by atoms with Gasteiger partial charge in [-0.25, -0.2) is 0 Å². The van der Waals surface area contributed by atoms with Crippen LogP contribution in [0.15, 0.2) is 42.5 Å². The Labute approximate surface area is 165 Å². The van der Waals surface area contributed by atoms with Crippen molar-refractivity contribution in [3.63, 3.8) is 0 Å². The zero-order valence-corrected chi connectivity index (χ0v) is 16.6. The van der Waals surface area contributed by atoms with Gasteiger partial charge in [0, 0.05) is 40.7 Å². The third-order valence-electron chi connectivity index (χ3n) is 5.37. The molecule has 1 fully saturated rings. The first-order valence-electron chi connectivity index (χ1n) is 9.42. The molecule has 2 aromatic rings. The van der Waals surface area contributed by atoms with E-state index in [4.69, 9.17) is 16.3 Å². The molecule has 0 spiro atoms. The summed E-state index contributed by atoms with van der Waals surface area (Å²) in [6.07, 6.45) is 0.834. The van der Waals surface area contributed by atoms with Gasteiger partial charge in [0.05, 0.1) is 13.2 Å². The molecule has 27 heavy (non-hydrogen) atoms. The van der Waals surface area contributed by atoms with Crippen LogP contribution in [-0.4, -0.2) is 36.5 Å². The first-order valence-corrected chi connectivity index (χ1v) is 9.80. The molecule has 2 aromatic carbocycles. The Bertz CT molecular complexity index is 851. The van der Waals surface area contributed by atoms with Crippen LogP contribution in [0.2, 0.25) is 5.02 Å². The van der Waals surface area contributed by atoms with Crippen molar-refractivity contribution in [2.45, 2.75) is 38.3 Å². The van der Waals surface area contributed by atoms with E-state index in [1.165, 1.54) is 5.56 Å². The normalized spacial score (nSPS) is 21.4. The first kappa shape index (κ1) is 18.3. The predicted octanol–water partition coefficient (Wildman–Crippen LogP) is 3.55. The van der Waals surface area contributed by atoms with E-state index in [1.54, 1.807) is 0 Å². The number of carbonyl (C=O) groups is 1. The van der Waals surface area contributed by atoms with Crippen molar-refractivity contribution >= 4 is 17.5 Å². The lowest BCUT2D eigenvalue weighted by Gasteiger charge is -2.33. The SMILES string of the molecule is CC1(C)COc2c(CN3CC(=O)N[C@@H](Cc4ccccc4)C3)cc(Cl)cc21. The number of nitrogens with zero attached hydrogens (tertiary/aromatic N) is 1. The number of rotatable bonds is 4. The Morgan fingerprint density at radius 1 is 1.26 bits per heavy atom. The van der Waals surface area contributed by atoms with Gasteiger partial charge in [-0.3, -0.25) is 9.69 Å². The molecule has 0 saturated carbocycles. The van der Waals surface area contributed by atoms with E-state index in [1.807, 2.05) is 30.3 Å². The number of piperazine rings is 1. The molecule has 2 aliphatic rings. The average Bonchev–Trinajstić information content (AvgIpc) is 2.90. The Morgan fingerprint density at radius 3 is 2.81 bits per heavy atom. The van der Waals surface area contributed by atoms with Gasteiger partial charge < -0.3 is 10.1 Å². The number of carbonyl (C=O) groups excluding carboxylic acids is 1. The minimum Gasteiger partial charge on any atom is -0.492 e. The molecule has 0 aromatic heterocycles. The highest BCUT2D eigenvalue weighted by Gasteiger charge is 2.35. The van der Waals surface area contributed by atoms with E-state index in [0.29, 0.717) is 19.7 Å². The number of fused-ring (bicyclic) bond motifs is 1. The Balaban J connectivity index is 1.52. The van der Waals surface area contributed by atoms with Crippen molar-refractivity contribution in [2.75, 3.05) is 19.7 Å². The molecule has 0 aliphatic carbocycles. The molecule has 0 radical (unpaired) electrons. The van der Waals surface area contributed by atoms with E-state index < -0.39 is 0 Å². The van der Waals surface area contributed by atoms with Gasteiger partial charge in [-0.1, -0.05) is 55.8 Å². The lowest BCUT2D eigenvalue weighted by Crippen LogP contribution is -2.54. The minimum atomic E-state index is -0.0376. The van der Waals surface area contributed by atoms with Gasteiger partial charge in [-0.05, 0) is 24.1 Å². The number of hydrogen-bond acceptors (Lipinski definition) is 3. The molecule has 4 rings (SSSR count). The number of nitrogens with one attached hydrogen (secondary N) is 1. The van der Waals surface area contributed by atoms with Crippen molar-refractivity contribution in [2.24, 2.45) is 0 Å². The highest BCUT2D eigenvalue weighted by molar-refractivity contribution is 6.30. The van der Waals surface area contributed by atoms with Crippen LogP contribution in [0.5, 0.6) is 5.75 Å². The summed E-state index contributed by atoms with van der Waals surface area (Å²) in [7, 11) is 0. The fourth-order valence-corrected chi connectivity index (χ4v) is 4.29. The van der Waals surface area contributed by atoms with Crippen molar-refractivity contribution in [1.82, 2.24) is 10.2 Å². The molecule has 0 bridgehead atoms. The number of hydrogen-bond donors (Lipinski definition) is 1. The summed E-state index contributed by atoms with van der Waals surface area (Å²) in [5, 5.41) is 3.85. The maximum atomic E-state index is 12.3. The second-order valence-electron chi connectivity index (χ2n) is 8.24. The lowest BCUT2D eigenvalue weighted by molar-refractivity contribution is -0.125. The van der Waals surface area contributed by atoms with E-state index in [9.17, 15) is 4.79 Å². The van der Waals surface area contributed by atoms with Crippen LogP contribution in [-0.2, 0) is 23.2 Å². The summed E-state index contributed by atoms with van der Waals surface area (Å²) >= 11 is 6.38. The molecule has 5 heteroatoms. The van der Waals surface area contributed by atoms with Crippen LogP contribution in [0.1, 0.15) is 30.5 Å². The molecule has 1 saturated heterocycles. The summed E-state index contributed by atoms with van der Waals surface area (Å²) in [5.41, 5.74) is 3.42. The molecule has 4 nitrogen and oxygen atoms in total. The Hall–Kier alpha value is -2.04. The standard InChI is InChI=1S/C22H25ClN2O2/c1-22(2)14-27-21-16(9-17(23)10-19(21)22)11-25-12-18(24-20(26)13-25)8-15-6-4-3-5-7-15/h3-7,9-10,18H,8,11-14H2,1-2H3,(H,24,26)/t18-/m0/s1. The summed E-state index contributed by atoms with van der Waals surface area (Å²) in [4.78, 5) is 14.4. The van der Waals surface area contributed by atoms with Gasteiger partial charge in [0.15, 0.2) is 0 Å². The van der Waals surface area contributed by atoms with Gasteiger partial charge in [-0.15, -0.1) is 0 Å². The zero-order valence-electron chi connectivity index (χ0n) is 15.8. The lowest BCUT2D eigenvalue weighted by atomic mass is 9.86. The smallest absolute Gasteiger partial charge is 0.234 e. The highest BCUT2D eigenvalue weighted by atomic mass is 35.5. The number of amides is 1. The Kier molecular flexibility index (Phi) is 4.87. The summed E-state index contributed by atoms with van der Waals surface area (Å²) < 4.78 is 6.00. The Morgan fingerprint density at radius 2 is 2.04 bits per heavy atom. The zero-order chi connectivity index (χ0) is 19.0. The van der Waals surface area contributed by atoms with E-state index in [0.717, 1.165) is 34.9 Å². The molecule has 1 amide bonds. The summed E-state index contributed by atoms with van der Waals surface area (Å²) in [5.74, 6) is 1.01. The summed E-state index contributed by atoms with van der Waals surface area (Å²) in [6, 6.07) is 14.4. The number of benzene rings is 2. The molecular weight excluding hydrogens is 360 g/mol. The maximum absolute atomic E-state index is 12.3. The van der Waals surface area contributed by atoms with Gasteiger partial charge in [0.2, 0.25) is 5.91 Å². The van der Waals surface area contributed by atoms with Gasteiger partial charge in [-0.2, -0.15) is 0 Å². The van der Waals surface area contributed by atoms with Crippen molar-refractivity contribution in [3.8, 4) is 5.75 Å². The van der Waals surface area contributed by atoms with E-state index in [2.05, 4.69) is 36.2 Å². The van der Waals surface area contributed by atoms with Crippen LogP contribution < -0.4 is 10.1 Å². The van der Waals surface area contributed by atoms with E-state index in [-0.39, 0.29) is 17.4 Å². The number of ether oxygens (including phenoxy) is 1. The van der Waals surface area contributed by atoms with Gasteiger partial charge >= 0.3 is 0 Å². The van der Waals surface area contributed by atoms with Gasteiger partial charge in [0.25, 0.3) is 0 Å².